The summed E-state index contributed by atoms with van der Waals surface area (Å²) in [6.45, 7) is 13.4. The van der Waals surface area contributed by atoms with Crippen molar-refractivity contribution >= 4 is 23.0 Å². The molecule has 0 amide bonds. The zero-order valence-electron chi connectivity index (χ0n) is 23.7. The molecule has 1 spiro atoms. The Morgan fingerprint density at radius 1 is 0.750 bits per heavy atom. The third-order valence-corrected chi connectivity index (χ3v) is 9.46. The molecule has 1 fully saturated rings. The largest absolute Gasteiger partial charge is 0.456 e. The van der Waals surface area contributed by atoms with E-state index in [0.717, 1.165) is 58.2 Å². The number of fused-ring (bicyclic) bond motifs is 6. The lowest BCUT2D eigenvalue weighted by molar-refractivity contribution is 0.0224. The lowest BCUT2D eigenvalue weighted by Crippen LogP contribution is -2.33. The van der Waals surface area contributed by atoms with E-state index in [1.165, 1.54) is 0 Å². The molecule has 0 bridgehead atoms. The van der Waals surface area contributed by atoms with Crippen molar-refractivity contribution in [2.24, 2.45) is 10.8 Å². The number of hydrogen-bond donors (Lipinski definition) is 1. The van der Waals surface area contributed by atoms with Crippen LogP contribution in [-0.4, -0.2) is 19.1 Å². The van der Waals surface area contributed by atoms with E-state index in [-0.39, 0.29) is 16.8 Å². The van der Waals surface area contributed by atoms with Gasteiger partial charge in [0.25, 0.3) is 0 Å². The van der Waals surface area contributed by atoms with Gasteiger partial charge in [0.1, 0.15) is 11.5 Å². The molecule has 3 aliphatic rings. The van der Waals surface area contributed by atoms with E-state index >= 15 is 0 Å². The van der Waals surface area contributed by atoms with Gasteiger partial charge in [-0.3, -0.25) is 0 Å². The molecule has 1 unspecified atom stereocenters. The molecule has 1 atom stereocenters. The van der Waals surface area contributed by atoms with Crippen LogP contribution in [0.4, 0.5) is 17.1 Å². The maximum absolute atomic E-state index is 13.3. The Hall–Kier alpha value is -4.25. The van der Waals surface area contributed by atoms with E-state index in [2.05, 4.69) is 75.2 Å². The summed E-state index contributed by atoms with van der Waals surface area (Å²) < 4.78 is 13.1. The van der Waals surface area contributed by atoms with Crippen LogP contribution in [0.15, 0.2) is 84.9 Å². The predicted octanol–water partition coefficient (Wildman–Crippen LogP) is 8.18. The molecule has 0 saturated carbocycles. The molecule has 40 heavy (non-hydrogen) atoms. The topological polar surface area (TPSA) is 50.8 Å². The van der Waals surface area contributed by atoms with Gasteiger partial charge in [-0.25, -0.2) is 4.79 Å². The van der Waals surface area contributed by atoms with Crippen LogP contribution in [-0.2, 0) is 10.3 Å². The van der Waals surface area contributed by atoms with E-state index < -0.39 is 5.60 Å². The fraction of sp³-hybridized carbons (Fsp3) is 0.286. The lowest BCUT2D eigenvalue weighted by Gasteiger charge is -2.37. The Labute approximate surface area is 235 Å². The summed E-state index contributed by atoms with van der Waals surface area (Å²) in [5, 5.41) is 3.55. The van der Waals surface area contributed by atoms with E-state index in [1.807, 2.05) is 54.6 Å². The maximum atomic E-state index is 13.3. The first-order valence-corrected chi connectivity index (χ1v) is 14.0. The van der Waals surface area contributed by atoms with E-state index in [9.17, 15) is 4.79 Å². The van der Waals surface area contributed by atoms with Crippen LogP contribution in [0.3, 0.4) is 0 Å². The second-order valence-electron chi connectivity index (χ2n) is 12.7. The van der Waals surface area contributed by atoms with Crippen LogP contribution >= 0.6 is 0 Å². The number of nitrogens with one attached hydrogen (secondary N) is 1. The molecule has 4 aromatic carbocycles. The summed E-state index contributed by atoms with van der Waals surface area (Å²) in [6, 6.07) is 28.3. The molecule has 3 heterocycles. The molecular weight excluding hydrogens is 496 g/mol. The molecule has 202 valence electrons. The number of anilines is 3. The minimum Gasteiger partial charge on any atom is -0.456 e. The van der Waals surface area contributed by atoms with Gasteiger partial charge >= 0.3 is 5.97 Å². The quantitative estimate of drug-likeness (QED) is 0.271. The van der Waals surface area contributed by atoms with Gasteiger partial charge in [0.15, 0.2) is 5.60 Å². The van der Waals surface area contributed by atoms with Crippen LogP contribution < -0.4 is 15.0 Å². The third-order valence-electron chi connectivity index (χ3n) is 9.46. The van der Waals surface area contributed by atoms with Crippen LogP contribution in [0.1, 0.15) is 60.3 Å². The van der Waals surface area contributed by atoms with Gasteiger partial charge in [0.2, 0.25) is 0 Å². The highest BCUT2D eigenvalue weighted by molar-refractivity contribution is 5.97. The zero-order chi connectivity index (χ0) is 27.9. The summed E-state index contributed by atoms with van der Waals surface area (Å²) >= 11 is 0. The summed E-state index contributed by atoms with van der Waals surface area (Å²) in [5.74, 6) is 1.10. The summed E-state index contributed by atoms with van der Waals surface area (Å²) in [7, 11) is 0. The van der Waals surface area contributed by atoms with Gasteiger partial charge in [-0.1, -0.05) is 64.1 Å². The summed E-state index contributed by atoms with van der Waals surface area (Å²) in [4.78, 5) is 15.8. The molecule has 5 nitrogen and oxygen atoms in total. The average Bonchev–Trinajstić information content (AvgIpc) is 3.34. The predicted molar refractivity (Wildman–Crippen MR) is 159 cm³/mol. The Morgan fingerprint density at radius 3 is 2.17 bits per heavy atom. The standard InChI is InChI=1S/C35H34N2O3/c1-22-17-30-28(19-29(22)36-23-11-7-6-8-12-23)35(26-14-10-9-13-25(26)32(38)40-35)27-16-15-24(18-31(27)39-30)37-20-33(2,3)34(4,5)21-37/h6-19,36H,20-21H2,1-5H3. The number of para-hydroxylation sites is 1. The highest BCUT2D eigenvalue weighted by Crippen LogP contribution is 2.58. The first-order chi connectivity index (χ1) is 19.1. The van der Waals surface area contributed by atoms with Gasteiger partial charge in [-0.15, -0.1) is 0 Å². The zero-order valence-corrected chi connectivity index (χ0v) is 23.7. The van der Waals surface area contributed by atoms with Crippen molar-refractivity contribution in [1.82, 2.24) is 0 Å². The maximum Gasteiger partial charge on any atom is 0.340 e. The lowest BCUT2D eigenvalue weighted by atomic mass is 9.71. The molecule has 7 rings (SSSR count). The van der Waals surface area contributed by atoms with Gasteiger partial charge in [0, 0.05) is 52.9 Å². The number of carbonyl (C=O) groups excluding carboxylic acids is 1. The van der Waals surface area contributed by atoms with Crippen molar-refractivity contribution in [2.45, 2.75) is 40.2 Å². The van der Waals surface area contributed by atoms with Gasteiger partial charge in [-0.05, 0) is 65.8 Å². The minimum absolute atomic E-state index is 0.177. The molecule has 0 aromatic heterocycles. The van der Waals surface area contributed by atoms with Crippen LogP contribution in [0, 0.1) is 17.8 Å². The third kappa shape index (κ3) is 3.50. The number of ether oxygens (including phenoxy) is 2. The number of aryl methyl sites for hydroxylation is 1. The Balaban J connectivity index is 1.40. The molecule has 1 N–H and O–H groups in total. The summed E-state index contributed by atoms with van der Waals surface area (Å²) in [6.07, 6.45) is 0. The van der Waals surface area contributed by atoms with E-state index in [0.29, 0.717) is 11.3 Å². The highest BCUT2D eigenvalue weighted by atomic mass is 16.6. The number of nitrogens with zero attached hydrogens (tertiary/aromatic N) is 1. The molecule has 4 aromatic rings. The molecule has 1 saturated heterocycles. The smallest absolute Gasteiger partial charge is 0.340 e. The Morgan fingerprint density at radius 2 is 1.43 bits per heavy atom. The molecule has 3 aliphatic heterocycles. The first kappa shape index (κ1) is 24.8. The van der Waals surface area contributed by atoms with Crippen molar-refractivity contribution in [2.75, 3.05) is 23.3 Å². The second-order valence-corrected chi connectivity index (χ2v) is 12.7. The monoisotopic (exact) mass is 530 g/mol. The average molecular weight is 531 g/mol. The highest BCUT2D eigenvalue weighted by Gasteiger charge is 2.54. The van der Waals surface area contributed by atoms with Crippen LogP contribution in [0.25, 0.3) is 0 Å². The first-order valence-electron chi connectivity index (χ1n) is 14.0. The van der Waals surface area contributed by atoms with Crippen molar-refractivity contribution in [1.29, 1.82) is 0 Å². The fourth-order valence-electron chi connectivity index (χ4n) is 6.44. The van der Waals surface area contributed by atoms with E-state index in [4.69, 9.17) is 9.47 Å². The molecule has 5 heteroatoms. The van der Waals surface area contributed by atoms with E-state index in [1.54, 1.807) is 0 Å². The summed E-state index contributed by atoms with van der Waals surface area (Å²) in [5.41, 5.74) is 6.44. The number of carbonyl (C=O) groups is 1. The van der Waals surface area contributed by atoms with Crippen molar-refractivity contribution in [3.63, 3.8) is 0 Å². The van der Waals surface area contributed by atoms with Gasteiger partial charge < -0.3 is 19.7 Å². The van der Waals surface area contributed by atoms with Gasteiger partial charge in [-0.2, -0.15) is 0 Å². The molecule has 0 aliphatic carbocycles. The van der Waals surface area contributed by atoms with Crippen LogP contribution in [0.2, 0.25) is 0 Å². The normalized spacial score (nSPS) is 21.3. The minimum atomic E-state index is -1.10. The molecule has 0 radical (unpaired) electrons. The Kier molecular flexibility index (Phi) is 5.19. The number of rotatable bonds is 3. The number of benzene rings is 4. The van der Waals surface area contributed by atoms with Crippen molar-refractivity contribution in [3.8, 4) is 11.5 Å². The number of esters is 1. The second kappa shape index (κ2) is 8.37. The van der Waals surface area contributed by atoms with Crippen LogP contribution in [0.5, 0.6) is 11.5 Å². The number of hydrogen-bond acceptors (Lipinski definition) is 5. The SMILES string of the molecule is Cc1cc2c(cc1Nc1ccccc1)C1(OC(=O)c3ccccc31)c1ccc(N3CC(C)(C)C(C)(C)C3)cc1O2. The van der Waals surface area contributed by atoms with Gasteiger partial charge in [0.05, 0.1) is 5.56 Å². The Bertz CT molecular complexity index is 1660. The van der Waals surface area contributed by atoms with Crippen molar-refractivity contribution < 1.29 is 14.3 Å². The fourth-order valence-corrected chi connectivity index (χ4v) is 6.44. The van der Waals surface area contributed by atoms with Crippen molar-refractivity contribution in [3.05, 3.63) is 113 Å². The molecular formula is C35H34N2O3.